The van der Waals surface area contributed by atoms with Gasteiger partial charge in [0.25, 0.3) is 0 Å². The molecule has 0 spiro atoms. The minimum absolute atomic E-state index is 0.0675. The van der Waals surface area contributed by atoms with Gasteiger partial charge in [0.1, 0.15) is 6.17 Å². The lowest BCUT2D eigenvalue weighted by atomic mass is 9.91. The Morgan fingerprint density at radius 2 is 2.24 bits per heavy atom. The summed E-state index contributed by atoms with van der Waals surface area (Å²) in [4.78, 5) is 14.2. The Morgan fingerprint density at radius 3 is 2.81 bits per heavy atom. The van der Waals surface area contributed by atoms with Crippen LogP contribution in [0.2, 0.25) is 0 Å². The average Bonchev–Trinajstić information content (AvgIpc) is 3.15. The number of alkyl halides is 1. The number of piperidine rings is 1. The van der Waals surface area contributed by atoms with Crippen LogP contribution in [0.4, 0.5) is 4.39 Å². The van der Waals surface area contributed by atoms with Crippen LogP contribution >= 0.6 is 0 Å². The molecule has 2 saturated heterocycles. The summed E-state index contributed by atoms with van der Waals surface area (Å²) in [5.41, 5.74) is 1.27. The van der Waals surface area contributed by atoms with E-state index in [4.69, 9.17) is 0 Å². The van der Waals surface area contributed by atoms with E-state index in [0.717, 1.165) is 32.5 Å². The minimum Gasteiger partial charge on any atom is -0.341 e. The van der Waals surface area contributed by atoms with Gasteiger partial charge in [-0.05, 0) is 31.2 Å². The van der Waals surface area contributed by atoms with E-state index in [1.807, 2.05) is 15.8 Å². The Morgan fingerprint density at radius 1 is 1.48 bits per heavy atom. The summed E-state index contributed by atoms with van der Waals surface area (Å²) in [7, 11) is 0. The Bertz CT molecular complexity index is 496. The Labute approximate surface area is 124 Å². The third kappa shape index (κ3) is 3.10. The van der Waals surface area contributed by atoms with Crippen LogP contribution in [0.15, 0.2) is 12.4 Å². The lowest BCUT2D eigenvalue weighted by Crippen LogP contribution is -2.46. The van der Waals surface area contributed by atoms with Crippen LogP contribution in [0, 0.1) is 0 Å². The summed E-state index contributed by atoms with van der Waals surface area (Å²) in [5.74, 6) is 0.553. The van der Waals surface area contributed by atoms with Gasteiger partial charge >= 0.3 is 0 Å². The van der Waals surface area contributed by atoms with Crippen molar-refractivity contribution in [3.8, 4) is 0 Å². The smallest absolute Gasteiger partial charge is 0.239 e. The maximum atomic E-state index is 13.2. The number of amides is 1. The van der Waals surface area contributed by atoms with Gasteiger partial charge in [-0.3, -0.25) is 9.48 Å². The van der Waals surface area contributed by atoms with Crippen LogP contribution in [-0.2, 0) is 11.3 Å². The van der Waals surface area contributed by atoms with Crippen molar-refractivity contribution in [3.05, 3.63) is 18.0 Å². The van der Waals surface area contributed by atoms with E-state index >= 15 is 0 Å². The fraction of sp³-hybridized carbons (Fsp3) is 0.733. The highest BCUT2D eigenvalue weighted by Gasteiger charge is 2.34. The lowest BCUT2D eigenvalue weighted by molar-refractivity contribution is -0.134. The third-order valence-electron chi connectivity index (χ3n) is 4.63. The van der Waals surface area contributed by atoms with Crippen molar-refractivity contribution >= 4 is 5.91 Å². The fourth-order valence-corrected chi connectivity index (χ4v) is 3.30. The second-order valence-corrected chi connectivity index (χ2v) is 6.02. The highest BCUT2D eigenvalue weighted by atomic mass is 19.1. The predicted octanol–water partition coefficient (Wildman–Crippen LogP) is 1.31. The van der Waals surface area contributed by atoms with Gasteiger partial charge in [0, 0.05) is 38.8 Å². The summed E-state index contributed by atoms with van der Waals surface area (Å²) >= 11 is 0. The normalized spacial score (nSPS) is 27.2. The molecule has 3 heterocycles. The molecule has 0 saturated carbocycles. The molecule has 0 aromatic carbocycles. The van der Waals surface area contributed by atoms with Crippen LogP contribution in [-0.4, -0.2) is 52.4 Å². The van der Waals surface area contributed by atoms with Crippen molar-refractivity contribution < 1.29 is 9.18 Å². The maximum absolute atomic E-state index is 13.2. The van der Waals surface area contributed by atoms with Crippen molar-refractivity contribution in [2.45, 2.75) is 50.9 Å². The van der Waals surface area contributed by atoms with E-state index in [9.17, 15) is 9.18 Å². The number of hydrogen-bond acceptors (Lipinski definition) is 3. The summed E-state index contributed by atoms with van der Waals surface area (Å²) in [6.45, 7) is 4.79. The minimum atomic E-state index is -0.878. The molecule has 0 bridgehead atoms. The molecule has 0 aliphatic carbocycles. The van der Waals surface area contributed by atoms with Crippen molar-refractivity contribution in [1.29, 1.82) is 0 Å². The first-order valence-electron chi connectivity index (χ1n) is 7.86. The zero-order chi connectivity index (χ0) is 14.8. The number of carbonyl (C=O) groups excluding carboxylic acids is 1. The van der Waals surface area contributed by atoms with Crippen molar-refractivity contribution in [2.24, 2.45) is 0 Å². The van der Waals surface area contributed by atoms with Crippen LogP contribution in [0.1, 0.15) is 37.7 Å². The molecule has 2 aliphatic rings. The van der Waals surface area contributed by atoms with Crippen LogP contribution < -0.4 is 5.32 Å². The molecule has 5 nitrogen and oxygen atoms in total. The van der Waals surface area contributed by atoms with Crippen LogP contribution in [0.25, 0.3) is 0 Å². The topological polar surface area (TPSA) is 50.2 Å². The third-order valence-corrected chi connectivity index (χ3v) is 4.63. The molecule has 21 heavy (non-hydrogen) atoms. The number of halogens is 1. The summed E-state index contributed by atoms with van der Waals surface area (Å²) in [5, 5.41) is 7.30. The SMILES string of the molecule is CCn1cc(C2CCN(C(=O)[C@H]3C[C@H](F)CN3)CC2)cn1. The van der Waals surface area contributed by atoms with Gasteiger partial charge in [-0.15, -0.1) is 0 Å². The molecule has 1 amide bonds. The summed E-state index contributed by atoms with van der Waals surface area (Å²) in [6.07, 6.45) is 5.42. The van der Waals surface area contributed by atoms with Gasteiger partial charge in [-0.25, -0.2) is 4.39 Å². The molecule has 0 unspecified atom stereocenters. The molecule has 2 fully saturated rings. The molecule has 116 valence electrons. The number of aromatic nitrogens is 2. The summed E-state index contributed by atoms with van der Waals surface area (Å²) in [6, 6.07) is -0.320. The van der Waals surface area contributed by atoms with Gasteiger partial charge < -0.3 is 10.2 Å². The van der Waals surface area contributed by atoms with Crippen molar-refractivity contribution in [2.75, 3.05) is 19.6 Å². The number of likely N-dealkylation sites (tertiary alicyclic amines) is 1. The molecule has 3 rings (SSSR count). The first-order valence-corrected chi connectivity index (χ1v) is 7.86. The maximum Gasteiger partial charge on any atom is 0.239 e. The first kappa shape index (κ1) is 14.5. The standard InChI is InChI=1S/C15H23FN4O/c1-2-20-10-12(8-18-20)11-3-5-19(6-4-11)15(21)14-7-13(16)9-17-14/h8,10-11,13-14,17H,2-7,9H2,1H3/t13-,14+/m0/s1. The van der Waals surface area contributed by atoms with Gasteiger partial charge in [0.15, 0.2) is 0 Å². The Kier molecular flexibility index (Phi) is 4.24. The molecule has 1 aromatic rings. The lowest BCUT2D eigenvalue weighted by Gasteiger charge is -2.33. The Hall–Kier alpha value is -1.43. The quantitative estimate of drug-likeness (QED) is 0.914. The van der Waals surface area contributed by atoms with Crippen LogP contribution in [0.3, 0.4) is 0 Å². The monoisotopic (exact) mass is 294 g/mol. The second kappa shape index (κ2) is 6.13. The number of hydrogen-bond donors (Lipinski definition) is 1. The van der Waals surface area contributed by atoms with E-state index in [1.54, 1.807) is 0 Å². The van der Waals surface area contributed by atoms with E-state index < -0.39 is 6.17 Å². The molecular formula is C15H23FN4O. The van der Waals surface area contributed by atoms with Gasteiger partial charge in [-0.2, -0.15) is 5.10 Å². The van der Waals surface area contributed by atoms with E-state index in [2.05, 4.69) is 23.5 Å². The molecule has 0 radical (unpaired) electrons. The average molecular weight is 294 g/mol. The van der Waals surface area contributed by atoms with Crippen molar-refractivity contribution in [1.82, 2.24) is 20.0 Å². The molecule has 2 aliphatic heterocycles. The fourth-order valence-electron chi connectivity index (χ4n) is 3.30. The highest BCUT2D eigenvalue weighted by Crippen LogP contribution is 2.28. The largest absolute Gasteiger partial charge is 0.341 e. The Balaban J connectivity index is 1.54. The van der Waals surface area contributed by atoms with Gasteiger partial charge in [0.2, 0.25) is 5.91 Å². The summed E-state index contributed by atoms with van der Waals surface area (Å²) < 4.78 is 15.1. The highest BCUT2D eigenvalue weighted by molar-refractivity contribution is 5.82. The number of aryl methyl sites for hydroxylation is 1. The molecule has 2 atom stereocenters. The number of nitrogens with one attached hydrogen (secondary N) is 1. The first-order chi connectivity index (χ1) is 10.2. The zero-order valence-corrected chi connectivity index (χ0v) is 12.5. The zero-order valence-electron chi connectivity index (χ0n) is 12.5. The number of rotatable bonds is 3. The molecule has 1 N–H and O–H groups in total. The molecule has 1 aromatic heterocycles. The van der Waals surface area contributed by atoms with E-state index in [-0.39, 0.29) is 11.9 Å². The van der Waals surface area contributed by atoms with Crippen molar-refractivity contribution in [3.63, 3.8) is 0 Å². The van der Waals surface area contributed by atoms with E-state index in [0.29, 0.717) is 18.9 Å². The van der Waals surface area contributed by atoms with Gasteiger partial charge in [-0.1, -0.05) is 0 Å². The van der Waals surface area contributed by atoms with Crippen LogP contribution in [0.5, 0.6) is 0 Å². The predicted molar refractivity (Wildman–Crippen MR) is 77.8 cm³/mol. The molecule has 6 heteroatoms. The van der Waals surface area contributed by atoms with E-state index in [1.165, 1.54) is 5.56 Å². The number of nitrogens with zero attached hydrogens (tertiary/aromatic N) is 3. The second-order valence-electron chi connectivity index (χ2n) is 6.02. The van der Waals surface area contributed by atoms with Gasteiger partial charge in [0.05, 0.1) is 12.2 Å². The molecular weight excluding hydrogens is 271 g/mol. The number of carbonyl (C=O) groups is 1.